The summed E-state index contributed by atoms with van der Waals surface area (Å²) >= 11 is 0. The molecule has 0 bridgehead atoms. The summed E-state index contributed by atoms with van der Waals surface area (Å²) in [6.07, 6.45) is 5.95. The number of ether oxygens (including phenoxy) is 1. The van der Waals surface area contributed by atoms with Crippen molar-refractivity contribution in [3.8, 4) is 16.9 Å². The molecule has 9 heteroatoms. The molecule has 4 aromatic rings. The summed E-state index contributed by atoms with van der Waals surface area (Å²) in [6, 6.07) is 21.4. The van der Waals surface area contributed by atoms with Crippen molar-refractivity contribution in [3.63, 3.8) is 0 Å². The van der Waals surface area contributed by atoms with E-state index >= 15 is 0 Å². The molecule has 2 heterocycles. The van der Waals surface area contributed by atoms with E-state index in [-0.39, 0.29) is 24.7 Å². The summed E-state index contributed by atoms with van der Waals surface area (Å²) in [5.41, 5.74) is 3.34. The molecule has 0 spiro atoms. The number of hydrogen-bond donors (Lipinski definition) is 2. The lowest BCUT2D eigenvalue weighted by molar-refractivity contribution is 0.215. The summed E-state index contributed by atoms with van der Waals surface area (Å²) in [5, 5.41) is 14.9. The second kappa shape index (κ2) is 15.4. The van der Waals surface area contributed by atoms with Crippen molar-refractivity contribution in [2.75, 3.05) is 25.7 Å². The number of amides is 2. The first-order chi connectivity index (χ1) is 19.0. The minimum Gasteiger partial charge on any atom is -0.385 e. The quantitative estimate of drug-likeness (QED) is 0.309. The number of para-hydroxylation sites is 1. The lowest BCUT2D eigenvalue weighted by atomic mass is 10.1. The number of methoxy groups -OCH3 is 1. The number of aromatic nitrogens is 4. The van der Waals surface area contributed by atoms with Gasteiger partial charge in [-0.3, -0.25) is 14.4 Å². The fourth-order valence-electron chi connectivity index (χ4n) is 4.28. The van der Waals surface area contributed by atoms with E-state index in [0.29, 0.717) is 12.2 Å². The van der Waals surface area contributed by atoms with Gasteiger partial charge >= 0.3 is 6.03 Å². The minimum atomic E-state index is -0.325. The third-order valence-corrected chi connectivity index (χ3v) is 6.38. The van der Waals surface area contributed by atoms with Gasteiger partial charge in [-0.05, 0) is 51.2 Å². The molecular formula is C30H39FN6O2. The van der Waals surface area contributed by atoms with Crippen LogP contribution in [-0.4, -0.2) is 52.0 Å². The molecule has 2 aromatic heterocycles. The second-order valence-electron chi connectivity index (χ2n) is 9.33. The van der Waals surface area contributed by atoms with Crippen LogP contribution in [0, 0.1) is 12.8 Å². The zero-order valence-corrected chi connectivity index (χ0v) is 23.2. The summed E-state index contributed by atoms with van der Waals surface area (Å²) in [6.45, 7) is 4.38. The maximum Gasteiger partial charge on any atom is 0.320 e. The van der Waals surface area contributed by atoms with Crippen molar-refractivity contribution in [1.82, 2.24) is 24.9 Å². The highest BCUT2D eigenvalue weighted by Crippen LogP contribution is 2.30. The number of hydrogen-bond acceptors (Lipinski definition) is 4. The third-order valence-electron chi connectivity index (χ3n) is 6.38. The number of urea groups is 1. The van der Waals surface area contributed by atoms with Gasteiger partial charge in [0.1, 0.15) is 11.5 Å². The number of nitrogens with one attached hydrogen (secondary N) is 2. The number of carbonyl (C=O) groups is 1. The van der Waals surface area contributed by atoms with E-state index in [4.69, 9.17) is 5.10 Å². The highest BCUT2D eigenvalue weighted by atomic mass is 19.1. The molecule has 1 aliphatic rings. The van der Waals surface area contributed by atoms with Crippen LogP contribution in [0.1, 0.15) is 31.7 Å². The van der Waals surface area contributed by atoms with E-state index in [1.807, 2.05) is 93.8 Å². The topological polar surface area (TPSA) is 86.0 Å². The predicted molar refractivity (Wildman–Crippen MR) is 154 cm³/mol. The highest BCUT2D eigenvalue weighted by molar-refractivity contribution is 5.91. The summed E-state index contributed by atoms with van der Waals surface area (Å²) < 4.78 is 20.9. The molecule has 0 saturated heterocycles. The Morgan fingerprint density at radius 3 is 2.21 bits per heavy atom. The SMILES string of the molecule is CCOC.Cc1c(-c2cnn(C)c2)nn(-c2ccccc2)c1NC(=O)N[C@@H]1CC[C@H](CF)C1.c1ccccc1. The first kappa shape index (κ1) is 29.6. The van der Waals surface area contributed by atoms with Gasteiger partial charge in [-0.15, -0.1) is 0 Å². The maximum atomic E-state index is 12.9. The normalized spacial score (nSPS) is 15.9. The van der Waals surface area contributed by atoms with Crippen molar-refractivity contribution in [2.45, 2.75) is 39.2 Å². The van der Waals surface area contributed by atoms with Crippen LogP contribution in [0.25, 0.3) is 16.9 Å². The van der Waals surface area contributed by atoms with Crippen LogP contribution in [0.4, 0.5) is 15.0 Å². The Morgan fingerprint density at radius 1 is 1.08 bits per heavy atom. The average Bonchev–Trinajstić information content (AvgIpc) is 3.70. The first-order valence-corrected chi connectivity index (χ1v) is 13.2. The van der Waals surface area contributed by atoms with Gasteiger partial charge in [-0.1, -0.05) is 54.6 Å². The summed E-state index contributed by atoms with van der Waals surface area (Å²) in [5.74, 6) is 0.654. The molecule has 2 atom stereocenters. The highest BCUT2D eigenvalue weighted by Gasteiger charge is 2.27. The molecule has 1 saturated carbocycles. The molecule has 0 aliphatic heterocycles. The van der Waals surface area contributed by atoms with Crippen molar-refractivity contribution in [1.29, 1.82) is 0 Å². The monoisotopic (exact) mass is 534 g/mol. The number of carbonyl (C=O) groups excluding carboxylic acids is 1. The Balaban J connectivity index is 0.000000355. The average molecular weight is 535 g/mol. The molecule has 0 radical (unpaired) electrons. The van der Waals surface area contributed by atoms with Gasteiger partial charge in [-0.2, -0.15) is 10.2 Å². The summed E-state index contributed by atoms with van der Waals surface area (Å²) in [7, 11) is 3.53. The van der Waals surface area contributed by atoms with Crippen LogP contribution in [0.15, 0.2) is 79.1 Å². The van der Waals surface area contributed by atoms with Gasteiger partial charge in [0, 0.05) is 44.1 Å². The molecule has 0 unspecified atom stereocenters. The molecule has 2 amide bonds. The van der Waals surface area contributed by atoms with Crippen LogP contribution >= 0.6 is 0 Å². The zero-order chi connectivity index (χ0) is 28.0. The van der Waals surface area contributed by atoms with Gasteiger partial charge < -0.3 is 10.1 Å². The standard InChI is InChI=1S/C21H25FN6O.C6H6.C3H8O/c1-14-19(16-12-23-27(2)13-16)26-28(18-6-4-3-5-7-18)20(14)25-21(29)24-17-9-8-15(10-17)11-22;1-2-4-6-5-3-1;1-3-4-2/h3-7,12-13,15,17H,8-11H2,1-2H3,(H2,24,25,29);1-6H;3H2,1-2H3/t15-,17+;;/m0../s1. The maximum absolute atomic E-state index is 12.9. The number of aryl methyl sites for hydroxylation is 1. The Labute approximate surface area is 230 Å². The number of halogens is 1. The Bertz CT molecular complexity index is 1230. The molecule has 208 valence electrons. The zero-order valence-electron chi connectivity index (χ0n) is 23.2. The number of benzene rings is 2. The number of nitrogens with zero attached hydrogens (tertiary/aromatic N) is 4. The molecule has 2 N–H and O–H groups in total. The van der Waals surface area contributed by atoms with Crippen LogP contribution < -0.4 is 10.6 Å². The Morgan fingerprint density at radius 2 is 1.69 bits per heavy atom. The van der Waals surface area contributed by atoms with E-state index in [2.05, 4.69) is 20.5 Å². The fraction of sp³-hybridized carbons (Fsp3) is 0.367. The van der Waals surface area contributed by atoms with E-state index in [1.165, 1.54) is 0 Å². The lowest BCUT2D eigenvalue weighted by Gasteiger charge is -2.15. The molecule has 39 heavy (non-hydrogen) atoms. The molecule has 1 aliphatic carbocycles. The van der Waals surface area contributed by atoms with Gasteiger partial charge in [0.2, 0.25) is 0 Å². The number of anilines is 1. The van der Waals surface area contributed by atoms with Crippen LogP contribution in [-0.2, 0) is 11.8 Å². The van der Waals surface area contributed by atoms with E-state index < -0.39 is 0 Å². The van der Waals surface area contributed by atoms with E-state index in [0.717, 1.165) is 42.0 Å². The Hall–Kier alpha value is -3.98. The van der Waals surface area contributed by atoms with Gasteiger partial charge in [-0.25, -0.2) is 9.48 Å². The van der Waals surface area contributed by atoms with E-state index in [1.54, 1.807) is 22.7 Å². The predicted octanol–water partition coefficient (Wildman–Crippen LogP) is 6.18. The molecular weight excluding hydrogens is 495 g/mol. The molecule has 2 aromatic carbocycles. The van der Waals surface area contributed by atoms with Crippen molar-refractivity contribution >= 4 is 11.8 Å². The van der Waals surface area contributed by atoms with Crippen LogP contribution in [0.2, 0.25) is 0 Å². The van der Waals surface area contributed by atoms with E-state index in [9.17, 15) is 9.18 Å². The van der Waals surface area contributed by atoms with Crippen molar-refractivity contribution in [2.24, 2.45) is 13.0 Å². The van der Waals surface area contributed by atoms with Gasteiger partial charge in [0.05, 0.1) is 18.6 Å². The summed E-state index contributed by atoms with van der Waals surface area (Å²) in [4.78, 5) is 12.7. The van der Waals surface area contributed by atoms with Crippen molar-refractivity contribution < 1.29 is 13.9 Å². The minimum absolute atomic E-state index is 0.00180. The van der Waals surface area contributed by atoms with Crippen LogP contribution in [0.3, 0.4) is 0 Å². The number of alkyl halides is 1. The number of rotatable bonds is 6. The van der Waals surface area contributed by atoms with Gasteiger partial charge in [0.25, 0.3) is 0 Å². The largest absolute Gasteiger partial charge is 0.385 e. The van der Waals surface area contributed by atoms with Gasteiger partial charge in [0.15, 0.2) is 0 Å². The lowest BCUT2D eigenvalue weighted by Crippen LogP contribution is -2.37. The fourth-order valence-corrected chi connectivity index (χ4v) is 4.28. The molecule has 5 rings (SSSR count). The van der Waals surface area contributed by atoms with Crippen molar-refractivity contribution in [3.05, 3.63) is 84.7 Å². The van der Waals surface area contributed by atoms with Crippen LogP contribution in [0.5, 0.6) is 0 Å². The second-order valence-corrected chi connectivity index (χ2v) is 9.33. The Kier molecular flexibility index (Phi) is 11.7. The molecule has 1 fully saturated rings. The first-order valence-electron chi connectivity index (χ1n) is 13.2. The smallest absolute Gasteiger partial charge is 0.320 e. The third kappa shape index (κ3) is 8.78. The molecule has 8 nitrogen and oxygen atoms in total.